The van der Waals surface area contributed by atoms with E-state index >= 15 is 0 Å². The standard InChI is InChI=1S/C14H14N2O4S/c17-12(10-4-2-1-3-5-10)8-16-21(18,19)13-9-15-14(20-13)11-6-7-11/h1-5,9,11,16H,6-8H2. The van der Waals surface area contributed by atoms with E-state index in [1.807, 2.05) is 0 Å². The van der Waals surface area contributed by atoms with Gasteiger partial charge in [0.05, 0.1) is 12.7 Å². The number of Topliss-reactive ketones (excluding diaryl/α,β-unsaturated/α-hetero) is 1. The van der Waals surface area contributed by atoms with Crippen LogP contribution >= 0.6 is 0 Å². The molecule has 1 aromatic carbocycles. The molecule has 1 heterocycles. The van der Waals surface area contributed by atoms with Gasteiger partial charge in [0, 0.05) is 11.5 Å². The zero-order valence-electron chi connectivity index (χ0n) is 11.2. The molecule has 3 rings (SSSR count). The van der Waals surface area contributed by atoms with Gasteiger partial charge >= 0.3 is 0 Å². The number of hydrogen-bond acceptors (Lipinski definition) is 5. The largest absolute Gasteiger partial charge is 0.428 e. The van der Waals surface area contributed by atoms with Crippen LogP contribution < -0.4 is 4.72 Å². The van der Waals surface area contributed by atoms with Crippen molar-refractivity contribution in [3.63, 3.8) is 0 Å². The maximum atomic E-state index is 12.0. The molecule has 1 fully saturated rings. The highest BCUT2D eigenvalue weighted by molar-refractivity contribution is 7.89. The van der Waals surface area contributed by atoms with Crippen LogP contribution in [0.1, 0.15) is 35.0 Å². The van der Waals surface area contributed by atoms with Crippen molar-refractivity contribution in [2.75, 3.05) is 6.54 Å². The van der Waals surface area contributed by atoms with E-state index in [1.54, 1.807) is 30.3 Å². The van der Waals surface area contributed by atoms with Gasteiger partial charge in [0.25, 0.3) is 15.1 Å². The highest BCUT2D eigenvalue weighted by Gasteiger charge is 2.30. The smallest absolute Gasteiger partial charge is 0.276 e. The van der Waals surface area contributed by atoms with Crippen molar-refractivity contribution in [2.24, 2.45) is 0 Å². The summed E-state index contributed by atoms with van der Waals surface area (Å²) in [6.07, 6.45) is 3.13. The molecule has 110 valence electrons. The third-order valence-electron chi connectivity index (χ3n) is 3.21. The number of sulfonamides is 1. The van der Waals surface area contributed by atoms with Gasteiger partial charge in [0.15, 0.2) is 11.7 Å². The second-order valence-corrected chi connectivity index (χ2v) is 6.60. The van der Waals surface area contributed by atoms with Gasteiger partial charge in [-0.1, -0.05) is 30.3 Å². The van der Waals surface area contributed by atoms with E-state index in [1.165, 1.54) is 6.20 Å². The van der Waals surface area contributed by atoms with E-state index in [9.17, 15) is 13.2 Å². The maximum absolute atomic E-state index is 12.0. The monoisotopic (exact) mass is 306 g/mol. The van der Waals surface area contributed by atoms with Crippen molar-refractivity contribution in [1.82, 2.24) is 9.71 Å². The average molecular weight is 306 g/mol. The van der Waals surface area contributed by atoms with Crippen molar-refractivity contribution < 1.29 is 17.6 Å². The van der Waals surface area contributed by atoms with Crippen molar-refractivity contribution in [3.05, 3.63) is 48.0 Å². The molecular formula is C14H14N2O4S. The van der Waals surface area contributed by atoms with Crippen molar-refractivity contribution in [2.45, 2.75) is 23.9 Å². The Hall–Kier alpha value is -1.99. The number of nitrogens with zero attached hydrogens (tertiary/aromatic N) is 1. The Morgan fingerprint density at radius 3 is 2.67 bits per heavy atom. The third kappa shape index (κ3) is 3.20. The Bertz CT molecular complexity index is 748. The molecule has 1 aliphatic carbocycles. The van der Waals surface area contributed by atoms with E-state index in [-0.39, 0.29) is 23.3 Å². The summed E-state index contributed by atoms with van der Waals surface area (Å²) in [7, 11) is -3.85. The highest BCUT2D eigenvalue weighted by Crippen LogP contribution is 2.39. The van der Waals surface area contributed by atoms with Crippen LogP contribution in [0.3, 0.4) is 0 Å². The van der Waals surface area contributed by atoms with E-state index in [4.69, 9.17) is 4.42 Å². The molecule has 0 atom stereocenters. The summed E-state index contributed by atoms with van der Waals surface area (Å²) in [6, 6.07) is 8.50. The predicted molar refractivity (Wildman–Crippen MR) is 74.4 cm³/mol. The number of benzene rings is 1. The minimum absolute atomic E-state index is 0.236. The summed E-state index contributed by atoms with van der Waals surface area (Å²) in [5, 5.41) is -0.245. The highest BCUT2D eigenvalue weighted by atomic mass is 32.2. The van der Waals surface area contributed by atoms with Gasteiger partial charge in [0.2, 0.25) is 0 Å². The molecule has 1 aliphatic rings. The molecule has 1 saturated carbocycles. The number of ketones is 1. The maximum Gasteiger partial charge on any atom is 0.276 e. The summed E-state index contributed by atoms with van der Waals surface area (Å²) >= 11 is 0. The summed E-state index contributed by atoms with van der Waals surface area (Å²) < 4.78 is 31.5. The second kappa shape index (κ2) is 5.42. The van der Waals surface area contributed by atoms with Gasteiger partial charge in [-0.3, -0.25) is 4.79 Å². The topological polar surface area (TPSA) is 89.3 Å². The molecule has 0 spiro atoms. The zero-order chi connectivity index (χ0) is 14.9. The molecule has 1 aromatic heterocycles. The Kier molecular flexibility index (Phi) is 3.60. The summed E-state index contributed by atoms with van der Waals surface area (Å²) in [4.78, 5) is 15.8. The van der Waals surface area contributed by atoms with Gasteiger partial charge in [-0.2, -0.15) is 0 Å². The summed E-state index contributed by atoms with van der Waals surface area (Å²) in [6.45, 7) is -0.314. The van der Waals surface area contributed by atoms with Crippen LogP contribution in [-0.4, -0.2) is 25.7 Å². The molecule has 0 amide bonds. The number of carbonyl (C=O) groups excluding carboxylic acids is 1. The number of oxazole rings is 1. The van der Waals surface area contributed by atoms with E-state index in [2.05, 4.69) is 9.71 Å². The molecule has 0 aliphatic heterocycles. The average Bonchev–Trinajstić information content (AvgIpc) is 3.22. The minimum atomic E-state index is -3.85. The summed E-state index contributed by atoms with van der Waals surface area (Å²) in [5.41, 5.74) is 0.455. The van der Waals surface area contributed by atoms with Crippen LogP contribution in [0.4, 0.5) is 0 Å². The van der Waals surface area contributed by atoms with Gasteiger partial charge in [-0.05, 0) is 12.8 Å². The molecule has 1 N–H and O–H groups in total. The number of hydrogen-bond donors (Lipinski definition) is 1. The van der Waals surface area contributed by atoms with Crippen molar-refractivity contribution >= 4 is 15.8 Å². The molecule has 21 heavy (non-hydrogen) atoms. The Labute approximate surface area is 122 Å². The van der Waals surface area contributed by atoms with Gasteiger partial charge in [-0.25, -0.2) is 18.1 Å². The number of carbonyl (C=O) groups is 1. The normalized spacial score (nSPS) is 15.0. The van der Waals surface area contributed by atoms with Crippen molar-refractivity contribution in [3.8, 4) is 0 Å². The SMILES string of the molecule is O=C(CNS(=O)(=O)c1cnc(C2CC2)o1)c1ccccc1. The van der Waals surface area contributed by atoms with Crippen LogP contribution in [0.5, 0.6) is 0 Å². The van der Waals surface area contributed by atoms with Crippen LogP contribution in [-0.2, 0) is 10.0 Å². The Morgan fingerprint density at radius 1 is 1.29 bits per heavy atom. The lowest BCUT2D eigenvalue weighted by atomic mass is 10.1. The number of rotatable bonds is 6. The Balaban J connectivity index is 1.66. The second-order valence-electron chi connectivity index (χ2n) is 4.91. The quantitative estimate of drug-likeness (QED) is 0.821. The fraction of sp³-hybridized carbons (Fsp3) is 0.286. The fourth-order valence-corrected chi connectivity index (χ4v) is 2.72. The van der Waals surface area contributed by atoms with Gasteiger partial charge in [-0.15, -0.1) is 0 Å². The first-order chi connectivity index (χ1) is 10.1. The lowest BCUT2D eigenvalue weighted by Gasteiger charge is -2.03. The first kappa shape index (κ1) is 14.0. The molecule has 0 radical (unpaired) electrons. The van der Waals surface area contributed by atoms with E-state index in [0.717, 1.165) is 12.8 Å². The van der Waals surface area contributed by atoms with Crippen molar-refractivity contribution in [1.29, 1.82) is 0 Å². The molecule has 2 aromatic rings. The van der Waals surface area contributed by atoms with Crippen LogP contribution in [0.15, 0.2) is 46.0 Å². The van der Waals surface area contributed by atoms with Crippen LogP contribution in [0, 0.1) is 0 Å². The molecule has 0 saturated heterocycles. The molecule has 0 bridgehead atoms. The third-order valence-corrected chi connectivity index (χ3v) is 4.46. The molecule has 0 unspecified atom stereocenters. The van der Waals surface area contributed by atoms with E-state index < -0.39 is 10.0 Å². The van der Waals surface area contributed by atoms with Crippen LogP contribution in [0.2, 0.25) is 0 Å². The van der Waals surface area contributed by atoms with Crippen LogP contribution in [0.25, 0.3) is 0 Å². The molecule has 7 heteroatoms. The first-order valence-electron chi connectivity index (χ1n) is 6.60. The van der Waals surface area contributed by atoms with E-state index in [0.29, 0.717) is 11.5 Å². The summed E-state index contributed by atoms with van der Waals surface area (Å²) in [5.74, 6) is 0.380. The van der Waals surface area contributed by atoms with Gasteiger partial charge in [0.1, 0.15) is 0 Å². The Morgan fingerprint density at radius 2 is 2.00 bits per heavy atom. The number of aromatic nitrogens is 1. The molecular weight excluding hydrogens is 292 g/mol. The lowest BCUT2D eigenvalue weighted by Crippen LogP contribution is -2.29. The fourth-order valence-electron chi connectivity index (χ4n) is 1.87. The lowest BCUT2D eigenvalue weighted by molar-refractivity contribution is 0.0997. The minimum Gasteiger partial charge on any atom is -0.428 e. The molecule has 6 nitrogen and oxygen atoms in total. The van der Waals surface area contributed by atoms with Gasteiger partial charge < -0.3 is 4.42 Å². The number of nitrogens with one attached hydrogen (secondary N) is 1. The predicted octanol–water partition coefficient (Wildman–Crippen LogP) is 1.71. The zero-order valence-corrected chi connectivity index (χ0v) is 12.0. The first-order valence-corrected chi connectivity index (χ1v) is 8.08.